The van der Waals surface area contributed by atoms with E-state index in [9.17, 15) is 18.0 Å². The standard InChI is InChI=1S/C16H10F3N5O2S/c17-16(18,19)26-9-3-1-8(2-4-9)23-14(25)12-11(21)10-5-7(6-20)13(22)24-15(10)27-12/h1-5H,21H2,(H2,22,24)(H,23,25)/p+1. The van der Waals surface area contributed by atoms with E-state index in [-0.39, 0.29) is 27.6 Å². The van der Waals surface area contributed by atoms with Crippen LogP contribution in [0, 0.1) is 11.3 Å². The van der Waals surface area contributed by atoms with Gasteiger partial charge in [0.2, 0.25) is 0 Å². The van der Waals surface area contributed by atoms with Gasteiger partial charge in [-0.3, -0.25) is 10.5 Å². The number of nitriles is 1. The van der Waals surface area contributed by atoms with Crippen molar-refractivity contribution < 1.29 is 27.7 Å². The number of anilines is 3. The monoisotopic (exact) mass is 394 g/mol. The number of hydrogen-bond acceptors (Lipinski definition) is 6. The van der Waals surface area contributed by atoms with Crippen LogP contribution in [0.4, 0.5) is 30.4 Å². The highest BCUT2D eigenvalue weighted by atomic mass is 32.1. The second kappa shape index (κ2) is 6.65. The number of aromatic nitrogens is 1. The SMILES string of the molecule is N#Cc1cc2c(N)c(C(=O)Nc3ccc(OC(F)(F)F)cc3)sc2[nH+]c1N. The largest absolute Gasteiger partial charge is 0.573 e. The highest BCUT2D eigenvalue weighted by Gasteiger charge is 2.31. The van der Waals surface area contributed by atoms with E-state index >= 15 is 0 Å². The van der Waals surface area contributed by atoms with Crippen molar-refractivity contribution in [3.05, 3.63) is 40.8 Å². The molecule has 1 amide bonds. The Morgan fingerprint density at radius 3 is 2.52 bits per heavy atom. The molecular formula is C16H11F3N5O2S+. The summed E-state index contributed by atoms with van der Waals surface area (Å²) < 4.78 is 40.3. The number of nitrogens with zero attached hydrogens (tertiary/aromatic N) is 1. The molecule has 7 nitrogen and oxygen atoms in total. The number of pyridine rings is 1. The molecule has 2 aromatic heterocycles. The van der Waals surface area contributed by atoms with Gasteiger partial charge in [0.15, 0.2) is 4.83 Å². The Labute approximate surface area is 154 Å². The van der Waals surface area contributed by atoms with Crippen LogP contribution in [0.2, 0.25) is 0 Å². The molecule has 0 saturated carbocycles. The summed E-state index contributed by atoms with van der Waals surface area (Å²) in [5.41, 5.74) is 12.3. The Balaban J connectivity index is 1.84. The number of carbonyl (C=O) groups is 1. The van der Waals surface area contributed by atoms with Gasteiger partial charge in [-0.2, -0.15) is 5.26 Å². The highest BCUT2D eigenvalue weighted by Crippen LogP contribution is 2.33. The van der Waals surface area contributed by atoms with Crippen molar-refractivity contribution in [3.63, 3.8) is 0 Å². The molecule has 2 heterocycles. The Kier molecular flexibility index (Phi) is 4.50. The molecule has 0 bridgehead atoms. The molecule has 0 aliphatic carbocycles. The zero-order valence-corrected chi connectivity index (χ0v) is 14.2. The van der Waals surface area contributed by atoms with Crippen molar-refractivity contribution in [1.82, 2.24) is 0 Å². The predicted octanol–water partition coefficient (Wildman–Crippen LogP) is 2.90. The molecule has 0 aliphatic heterocycles. The average Bonchev–Trinajstić information content (AvgIpc) is 2.90. The summed E-state index contributed by atoms with van der Waals surface area (Å²) >= 11 is 1.04. The van der Waals surface area contributed by atoms with Gasteiger partial charge < -0.3 is 15.8 Å². The minimum Gasteiger partial charge on any atom is -0.406 e. The fraction of sp³-hybridized carbons (Fsp3) is 0.0625. The van der Waals surface area contributed by atoms with Gasteiger partial charge in [-0.1, -0.05) is 11.3 Å². The van der Waals surface area contributed by atoms with Crippen LogP contribution in [0.25, 0.3) is 10.2 Å². The molecule has 0 radical (unpaired) electrons. The summed E-state index contributed by atoms with van der Waals surface area (Å²) in [4.78, 5) is 16.0. The molecule has 0 saturated heterocycles. The van der Waals surface area contributed by atoms with Crippen LogP contribution in [0.3, 0.4) is 0 Å². The lowest BCUT2D eigenvalue weighted by molar-refractivity contribution is -0.323. The first-order valence-corrected chi connectivity index (χ1v) is 8.10. The maximum absolute atomic E-state index is 12.5. The van der Waals surface area contributed by atoms with Gasteiger partial charge in [-0.05, 0) is 30.3 Å². The third-order valence-electron chi connectivity index (χ3n) is 3.48. The van der Waals surface area contributed by atoms with E-state index in [4.69, 9.17) is 16.7 Å². The quantitative estimate of drug-likeness (QED) is 0.629. The van der Waals surface area contributed by atoms with E-state index in [1.54, 1.807) is 0 Å². The van der Waals surface area contributed by atoms with E-state index in [0.717, 1.165) is 23.5 Å². The lowest BCUT2D eigenvalue weighted by Gasteiger charge is -2.09. The summed E-state index contributed by atoms with van der Waals surface area (Å²) in [5, 5.41) is 12.0. The molecule has 27 heavy (non-hydrogen) atoms. The van der Waals surface area contributed by atoms with Gasteiger partial charge in [0.25, 0.3) is 11.7 Å². The van der Waals surface area contributed by atoms with Gasteiger partial charge in [-0.25, -0.2) is 4.98 Å². The van der Waals surface area contributed by atoms with E-state index in [1.165, 1.54) is 18.2 Å². The topological polar surface area (TPSA) is 128 Å². The maximum atomic E-state index is 12.5. The van der Waals surface area contributed by atoms with Crippen LogP contribution in [-0.4, -0.2) is 12.3 Å². The number of ether oxygens (including phenoxy) is 1. The number of benzene rings is 1. The molecule has 3 rings (SSSR count). The molecule has 1 aromatic carbocycles. The van der Waals surface area contributed by atoms with Crippen molar-refractivity contribution in [2.24, 2.45) is 0 Å². The number of alkyl halides is 3. The summed E-state index contributed by atoms with van der Waals surface area (Å²) in [5.74, 6) is -0.807. The van der Waals surface area contributed by atoms with Crippen LogP contribution < -0.4 is 26.5 Å². The van der Waals surface area contributed by atoms with Crippen LogP contribution in [0.15, 0.2) is 30.3 Å². The number of fused-ring (bicyclic) bond motifs is 1. The van der Waals surface area contributed by atoms with Crippen molar-refractivity contribution in [2.75, 3.05) is 16.8 Å². The fourth-order valence-electron chi connectivity index (χ4n) is 2.29. The number of aromatic amines is 1. The number of H-pyrrole nitrogens is 1. The summed E-state index contributed by atoms with van der Waals surface area (Å²) in [6.45, 7) is 0. The first kappa shape index (κ1) is 18.3. The predicted molar refractivity (Wildman–Crippen MR) is 93.0 cm³/mol. The number of carbonyl (C=O) groups excluding carboxylic acids is 1. The summed E-state index contributed by atoms with van der Waals surface area (Å²) in [6.07, 6.45) is -4.79. The van der Waals surface area contributed by atoms with E-state index in [2.05, 4.69) is 15.0 Å². The number of rotatable bonds is 3. The number of nitrogens with one attached hydrogen (secondary N) is 2. The molecule has 0 spiro atoms. The van der Waals surface area contributed by atoms with Crippen molar-refractivity contribution >= 4 is 44.7 Å². The highest BCUT2D eigenvalue weighted by molar-refractivity contribution is 7.20. The Bertz CT molecular complexity index is 1070. The average molecular weight is 394 g/mol. The van der Waals surface area contributed by atoms with Crippen LogP contribution in [-0.2, 0) is 0 Å². The van der Waals surface area contributed by atoms with Gasteiger partial charge >= 0.3 is 6.36 Å². The van der Waals surface area contributed by atoms with E-state index in [1.807, 2.05) is 6.07 Å². The van der Waals surface area contributed by atoms with Gasteiger partial charge in [0, 0.05) is 5.69 Å². The zero-order valence-electron chi connectivity index (χ0n) is 13.3. The van der Waals surface area contributed by atoms with Crippen LogP contribution >= 0.6 is 11.3 Å². The molecule has 0 atom stereocenters. The lowest BCUT2D eigenvalue weighted by atomic mass is 10.2. The third kappa shape index (κ3) is 3.85. The van der Waals surface area contributed by atoms with Crippen LogP contribution in [0.1, 0.15) is 15.2 Å². The number of nitrogen functional groups attached to an aromatic ring is 2. The molecule has 0 aliphatic rings. The molecule has 0 unspecified atom stereocenters. The molecule has 138 valence electrons. The van der Waals surface area contributed by atoms with Gasteiger partial charge in [-0.15, -0.1) is 13.2 Å². The molecule has 6 N–H and O–H groups in total. The van der Waals surface area contributed by atoms with Crippen LogP contribution in [0.5, 0.6) is 5.75 Å². The molecule has 3 aromatic rings. The number of nitrogens with two attached hydrogens (primary N) is 2. The van der Waals surface area contributed by atoms with Gasteiger partial charge in [0.05, 0.1) is 11.1 Å². The Morgan fingerprint density at radius 1 is 1.26 bits per heavy atom. The van der Waals surface area contributed by atoms with Crippen molar-refractivity contribution in [2.45, 2.75) is 6.36 Å². The first-order valence-electron chi connectivity index (χ1n) is 7.29. The molecule has 0 fully saturated rings. The minimum absolute atomic E-state index is 0.151. The van der Waals surface area contributed by atoms with Gasteiger partial charge in [0.1, 0.15) is 22.3 Å². The second-order valence-corrected chi connectivity index (χ2v) is 6.34. The fourth-order valence-corrected chi connectivity index (χ4v) is 3.30. The van der Waals surface area contributed by atoms with Crippen molar-refractivity contribution in [3.8, 4) is 11.8 Å². The third-order valence-corrected chi connectivity index (χ3v) is 4.62. The zero-order chi connectivity index (χ0) is 19.8. The normalized spacial score (nSPS) is 11.2. The minimum atomic E-state index is -4.79. The summed E-state index contributed by atoms with van der Waals surface area (Å²) in [6, 6.07) is 8.07. The Morgan fingerprint density at radius 2 is 1.93 bits per heavy atom. The smallest absolute Gasteiger partial charge is 0.406 e. The Hall–Kier alpha value is -3.52. The number of thiophene rings is 1. The number of hydrogen-bond donors (Lipinski definition) is 3. The number of amides is 1. The van der Waals surface area contributed by atoms with E-state index in [0.29, 0.717) is 10.2 Å². The number of halogens is 3. The summed E-state index contributed by atoms with van der Waals surface area (Å²) in [7, 11) is 0. The van der Waals surface area contributed by atoms with E-state index < -0.39 is 18.0 Å². The lowest BCUT2D eigenvalue weighted by Crippen LogP contribution is -2.17. The molecular weight excluding hydrogens is 383 g/mol. The first-order chi connectivity index (χ1) is 12.7. The van der Waals surface area contributed by atoms with Crippen molar-refractivity contribution in [1.29, 1.82) is 5.26 Å². The molecule has 11 heteroatoms. The maximum Gasteiger partial charge on any atom is 0.573 e. The second-order valence-electron chi connectivity index (χ2n) is 5.32.